The second-order valence-corrected chi connectivity index (χ2v) is 4.12. The highest BCUT2D eigenvalue weighted by Crippen LogP contribution is 2.35. The summed E-state index contributed by atoms with van der Waals surface area (Å²) in [6, 6.07) is 4.15. The molecule has 0 amide bonds. The molecule has 0 atom stereocenters. The van der Waals surface area contributed by atoms with Crippen LogP contribution in [0.25, 0.3) is 10.1 Å². The summed E-state index contributed by atoms with van der Waals surface area (Å²) in [5.74, 6) is 0.916. The second-order valence-electron chi connectivity index (χ2n) is 3.20. The lowest BCUT2D eigenvalue weighted by Gasteiger charge is -2.03. The van der Waals surface area contributed by atoms with Crippen LogP contribution in [0, 0.1) is 0 Å². The molecule has 0 bridgehead atoms. The quantitative estimate of drug-likeness (QED) is 0.768. The minimum absolute atomic E-state index is 0.858. The van der Waals surface area contributed by atoms with E-state index in [1.54, 1.807) is 18.4 Å². The third-order valence-electron chi connectivity index (χ3n) is 2.40. The summed E-state index contributed by atoms with van der Waals surface area (Å²) in [7, 11) is 1.69. The Morgan fingerprint density at radius 2 is 2.21 bits per heavy atom. The van der Waals surface area contributed by atoms with Crippen LogP contribution in [-0.4, -0.2) is 7.11 Å². The molecule has 74 valence electrons. The van der Waals surface area contributed by atoms with Crippen molar-refractivity contribution in [2.75, 3.05) is 12.8 Å². The molecule has 0 fully saturated rings. The summed E-state index contributed by atoms with van der Waals surface area (Å²) in [6.07, 6.45) is 0.974. The van der Waals surface area contributed by atoms with Gasteiger partial charge in [-0.2, -0.15) is 0 Å². The summed E-state index contributed by atoms with van der Waals surface area (Å²) in [4.78, 5) is 0. The number of methoxy groups -OCH3 is 1. The molecule has 2 rings (SSSR count). The summed E-state index contributed by atoms with van der Waals surface area (Å²) >= 11 is 1.70. The van der Waals surface area contributed by atoms with E-state index in [4.69, 9.17) is 10.5 Å². The first-order valence-electron chi connectivity index (χ1n) is 4.59. The Balaban J connectivity index is 2.69. The highest BCUT2D eigenvalue weighted by atomic mass is 32.1. The number of hydrogen-bond acceptors (Lipinski definition) is 3. The van der Waals surface area contributed by atoms with Crippen molar-refractivity contribution in [2.24, 2.45) is 0 Å². The van der Waals surface area contributed by atoms with Crippen LogP contribution in [0.3, 0.4) is 0 Å². The number of nitrogen functional groups attached to an aromatic ring is 1. The molecule has 2 aromatic rings. The SMILES string of the molecule is CCc1cc2scc(OC)c2cc1N. The van der Waals surface area contributed by atoms with E-state index in [2.05, 4.69) is 13.0 Å². The van der Waals surface area contributed by atoms with Gasteiger partial charge in [-0.15, -0.1) is 11.3 Å². The average molecular weight is 207 g/mol. The minimum atomic E-state index is 0.858. The molecule has 0 aliphatic carbocycles. The fourth-order valence-corrected chi connectivity index (χ4v) is 2.53. The van der Waals surface area contributed by atoms with Crippen LogP contribution in [0.1, 0.15) is 12.5 Å². The second kappa shape index (κ2) is 3.50. The van der Waals surface area contributed by atoms with Crippen molar-refractivity contribution in [3.63, 3.8) is 0 Å². The van der Waals surface area contributed by atoms with E-state index in [1.165, 1.54) is 10.3 Å². The summed E-state index contributed by atoms with van der Waals surface area (Å²) in [5.41, 5.74) is 8.00. The molecule has 0 radical (unpaired) electrons. The van der Waals surface area contributed by atoms with Crippen molar-refractivity contribution in [3.05, 3.63) is 23.1 Å². The largest absolute Gasteiger partial charge is 0.495 e. The number of nitrogens with two attached hydrogens (primary N) is 1. The topological polar surface area (TPSA) is 35.2 Å². The average Bonchev–Trinajstić information content (AvgIpc) is 2.58. The van der Waals surface area contributed by atoms with Gasteiger partial charge in [-0.1, -0.05) is 6.92 Å². The van der Waals surface area contributed by atoms with Gasteiger partial charge in [-0.3, -0.25) is 0 Å². The zero-order chi connectivity index (χ0) is 10.1. The van der Waals surface area contributed by atoms with Gasteiger partial charge in [0.05, 0.1) is 7.11 Å². The fraction of sp³-hybridized carbons (Fsp3) is 0.273. The molecular weight excluding hydrogens is 194 g/mol. The van der Waals surface area contributed by atoms with Crippen molar-refractivity contribution in [2.45, 2.75) is 13.3 Å². The van der Waals surface area contributed by atoms with Crippen LogP contribution in [0.4, 0.5) is 5.69 Å². The lowest BCUT2D eigenvalue weighted by atomic mass is 10.1. The Morgan fingerprint density at radius 3 is 2.86 bits per heavy atom. The van der Waals surface area contributed by atoms with Gasteiger partial charge in [-0.05, 0) is 24.1 Å². The third-order valence-corrected chi connectivity index (χ3v) is 3.32. The van der Waals surface area contributed by atoms with E-state index in [0.717, 1.165) is 23.2 Å². The van der Waals surface area contributed by atoms with Crippen molar-refractivity contribution < 1.29 is 4.74 Å². The van der Waals surface area contributed by atoms with E-state index < -0.39 is 0 Å². The van der Waals surface area contributed by atoms with Gasteiger partial charge in [0.1, 0.15) is 5.75 Å². The van der Waals surface area contributed by atoms with E-state index >= 15 is 0 Å². The van der Waals surface area contributed by atoms with Crippen LogP contribution >= 0.6 is 11.3 Å². The van der Waals surface area contributed by atoms with Crippen LogP contribution in [0.5, 0.6) is 5.75 Å². The molecule has 0 unspecified atom stereocenters. The van der Waals surface area contributed by atoms with Crippen LogP contribution in [-0.2, 0) is 6.42 Å². The maximum atomic E-state index is 5.93. The van der Waals surface area contributed by atoms with Crippen LogP contribution < -0.4 is 10.5 Å². The van der Waals surface area contributed by atoms with Crippen molar-refractivity contribution >= 4 is 27.1 Å². The minimum Gasteiger partial charge on any atom is -0.495 e. The van der Waals surface area contributed by atoms with Gasteiger partial charge in [0, 0.05) is 21.2 Å². The normalized spacial score (nSPS) is 10.7. The number of aryl methyl sites for hydroxylation is 1. The molecule has 1 aromatic carbocycles. The lowest BCUT2D eigenvalue weighted by molar-refractivity contribution is 0.421. The number of thiophene rings is 1. The molecule has 3 heteroatoms. The van der Waals surface area contributed by atoms with Crippen molar-refractivity contribution in [1.29, 1.82) is 0 Å². The molecule has 0 aliphatic heterocycles. The Hall–Kier alpha value is -1.22. The maximum Gasteiger partial charge on any atom is 0.137 e. The zero-order valence-corrected chi connectivity index (χ0v) is 9.15. The maximum absolute atomic E-state index is 5.93. The third kappa shape index (κ3) is 1.34. The predicted octanol–water partition coefficient (Wildman–Crippen LogP) is 3.05. The van der Waals surface area contributed by atoms with E-state index in [1.807, 2.05) is 11.4 Å². The Bertz CT molecular complexity index is 462. The Kier molecular flexibility index (Phi) is 2.33. The van der Waals surface area contributed by atoms with Gasteiger partial charge in [-0.25, -0.2) is 0 Å². The molecule has 0 spiro atoms. The zero-order valence-electron chi connectivity index (χ0n) is 8.33. The van der Waals surface area contributed by atoms with Crippen molar-refractivity contribution in [3.8, 4) is 5.75 Å². The molecule has 14 heavy (non-hydrogen) atoms. The fourth-order valence-electron chi connectivity index (χ4n) is 1.57. The number of fused-ring (bicyclic) bond motifs is 1. The molecule has 1 aromatic heterocycles. The molecule has 1 heterocycles. The summed E-state index contributed by atoms with van der Waals surface area (Å²) in [6.45, 7) is 2.11. The number of rotatable bonds is 2. The van der Waals surface area contributed by atoms with E-state index in [-0.39, 0.29) is 0 Å². The standard InChI is InChI=1S/C11H13NOS/c1-3-7-4-11-8(5-9(7)12)10(13-2)6-14-11/h4-6H,3,12H2,1-2H3. The first-order valence-corrected chi connectivity index (χ1v) is 5.47. The van der Waals surface area contributed by atoms with Gasteiger partial charge in [0.2, 0.25) is 0 Å². The molecule has 0 aliphatic rings. The molecule has 2 N–H and O–H groups in total. The number of hydrogen-bond donors (Lipinski definition) is 1. The monoisotopic (exact) mass is 207 g/mol. The molecular formula is C11H13NOS. The van der Waals surface area contributed by atoms with E-state index in [0.29, 0.717) is 0 Å². The molecule has 0 saturated carbocycles. The predicted molar refractivity (Wildman–Crippen MR) is 62.2 cm³/mol. The highest BCUT2D eigenvalue weighted by Gasteiger charge is 2.07. The van der Waals surface area contributed by atoms with Gasteiger partial charge in [0.25, 0.3) is 0 Å². The number of anilines is 1. The number of benzene rings is 1. The summed E-state index contributed by atoms with van der Waals surface area (Å²) < 4.78 is 6.49. The Morgan fingerprint density at radius 1 is 1.43 bits per heavy atom. The summed E-state index contributed by atoms with van der Waals surface area (Å²) in [5, 5.41) is 3.14. The van der Waals surface area contributed by atoms with Crippen molar-refractivity contribution in [1.82, 2.24) is 0 Å². The highest BCUT2D eigenvalue weighted by molar-refractivity contribution is 7.17. The van der Waals surface area contributed by atoms with Gasteiger partial charge < -0.3 is 10.5 Å². The van der Waals surface area contributed by atoms with Gasteiger partial charge >= 0.3 is 0 Å². The smallest absolute Gasteiger partial charge is 0.137 e. The molecule has 0 saturated heterocycles. The first-order chi connectivity index (χ1) is 6.76. The van der Waals surface area contributed by atoms with Crippen LogP contribution in [0.15, 0.2) is 17.5 Å². The molecule has 2 nitrogen and oxygen atoms in total. The van der Waals surface area contributed by atoms with Crippen LogP contribution in [0.2, 0.25) is 0 Å². The number of ether oxygens (including phenoxy) is 1. The van der Waals surface area contributed by atoms with E-state index in [9.17, 15) is 0 Å². The van der Waals surface area contributed by atoms with Gasteiger partial charge in [0.15, 0.2) is 0 Å². The Labute approximate surface area is 87.3 Å². The lowest BCUT2D eigenvalue weighted by Crippen LogP contribution is -1.92. The first kappa shape index (κ1) is 9.34.